The Balaban J connectivity index is 5.50. The number of unbranched alkanes of at least 4 members (excludes halogenated alkanes) is 13. The van der Waals surface area contributed by atoms with Crippen molar-refractivity contribution in [2.24, 2.45) is 0 Å². The van der Waals surface area contributed by atoms with Gasteiger partial charge >= 0.3 is 11.9 Å². The second-order valence-electron chi connectivity index (χ2n) is 10.3. The van der Waals surface area contributed by atoms with Crippen LogP contribution in [-0.2, 0) is 14.3 Å². The molecule has 0 aromatic rings. The van der Waals surface area contributed by atoms with E-state index in [0.29, 0.717) is 38.5 Å². The zero-order valence-electron chi connectivity index (χ0n) is 23.0. The predicted molar refractivity (Wildman–Crippen MR) is 141 cm³/mol. The molecule has 5 heteroatoms. The fraction of sp³-hybridized carbons (Fsp3) is 0.931. The minimum atomic E-state index is -1.59. The van der Waals surface area contributed by atoms with Crippen LogP contribution in [0.4, 0.5) is 0 Å². The normalized spacial score (nSPS) is 13.6. The second kappa shape index (κ2) is 20.1. The number of carbonyl (C=O) groups is 2. The van der Waals surface area contributed by atoms with Crippen molar-refractivity contribution < 1.29 is 24.5 Å². The van der Waals surface area contributed by atoms with Gasteiger partial charge in [-0.05, 0) is 51.4 Å². The molecule has 1 unspecified atom stereocenters. The van der Waals surface area contributed by atoms with E-state index in [1.54, 1.807) is 0 Å². The Bertz CT molecular complexity index is 507. The number of hydrogen-bond donors (Lipinski definition) is 2. The Morgan fingerprint density at radius 2 is 0.882 bits per heavy atom. The van der Waals surface area contributed by atoms with Crippen molar-refractivity contribution in [1.82, 2.24) is 0 Å². The molecule has 0 spiro atoms. The Morgan fingerprint density at radius 1 is 0.559 bits per heavy atom. The van der Waals surface area contributed by atoms with E-state index in [1.807, 2.05) is 0 Å². The summed E-state index contributed by atoms with van der Waals surface area (Å²) in [5, 5.41) is 21.6. The first-order chi connectivity index (χ1) is 16.3. The third kappa shape index (κ3) is 13.7. The Hall–Kier alpha value is -1.10. The number of hydrogen-bond acceptors (Lipinski definition) is 4. The fourth-order valence-electron chi connectivity index (χ4n) is 4.63. The first-order valence-electron chi connectivity index (χ1n) is 14.5. The van der Waals surface area contributed by atoms with Crippen molar-refractivity contribution in [1.29, 1.82) is 0 Å². The van der Waals surface area contributed by atoms with Crippen molar-refractivity contribution >= 4 is 11.9 Å². The molecule has 0 fully saturated rings. The summed E-state index contributed by atoms with van der Waals surface area (Å²) in [4.78, 5) is 25.9. The third-order valence-corrected chi connectivity index (χ3v) is 7.06. The molecule has 0 bridgehead atoms. The number of esters is 1. The van der Waals surface area contributed by atoms with E-state index < -0.39 is 23.1 Å². The zero-order chi connectivity index (χ0) is 25.7. The summed E-state index contributed by atoms with van der Waals surface area (Å²) >= 11 is 0. The van der Waals surface area contributed by atoms with Crippen LogP contribution in [-0.4, -0.2) is 33.4 Å². The van der Waals surface area contributed by atoms with E-state index in [-0.39, 0.29) is 0 Å². The van der Waals surface area contributed by atoms with Crippen LogP contribution in [0.25, 0.3) is 0 Å². The van der Waals surface area contributed by atoms with Gasteiger partial charge in [-0.1, -0.05) is 111 Å². The summed E-state index contributed by atoms with van der Waals surface area (Å²) in [6.45, 7) is 8.53. The highest BCUT2D eigenvalue weighted by Gasteiger charge is 2.46. The number of carboxylic acids is 1. The molecular formula is C29H56O5. The largest absolute Gasteiger partial charge is 0.478 e. The molecule has 0 saturated carbocycles. The van der Waals surface area contributed by atoms with Gasteiger partial charge in [0.05, 0.1) is 0 Å². The standard InChI is InChI=1S/C29H56O5/c1-5-9-13-17-19-23-28(33,22-18-14-10-6-2)27(32)34-29(26(30)31,24-20-15-11-7-3)25-21-16-12-8-4/h33H,5-25H2,1-4H3,(H,30,31). The molecule has 5 nitrogen and oxygen atoms in total. The number of carboxylic acid groups (broad SMARTS) is 1. The molecule has 0 aromatic heterocycles. The summed E-state index contributed by atoms with van der Waals surface area (Å²) in [5.74, 6) is -1.78. The third-order valence-electron chi connectivity index (χ3n) is 7.06. The molecule has 0 aliphatic rings. The van der Waals surface area contributed by atoms with Gasteiger partial charge in [-0.2, -0.15) is 0 Å². The van der Waals surface area contributed by atoms with E-state index >= 15 is 0 Å². The summed E-state index contributed by atoms with van der Waals surface area (Å²) in [6.07, 6.45) is 17.8. The summed E-state index contributed by atoms with van der Waals surface area (Å²) in [7, 11) is 0. The zero-order valence-corrected chi connectivity index (χ0v) is 23.0. The highest BCUT2D eigenvalue weighted by Crippen LogP contribution is 2.32. The fourth-order valence-corrected chi connectivity index (χ4v) is 4.63. The van der Waals surface area contributed by atoms with E-state index in [9.17, 15) is 19.8 Å². The summed E-state index contributed by atoms with van der Waals surface area (Å²) < 4.78 is 5.87. The maximum atomic E-state index is 13.4. The lowest BCUT2D eigenvalue weighted by Crippen LogP contribution is -2.50. The van der Waals surface area contributed by atoms with Gasteiger partial charge in [0.15, 0.2) is 5.60 Å². The molecule has 0 amide bonds. The van der Waals surface area contributed by atoms with E-state index in [0.717, 1.165) is 96.3 Å². The van der Waals surface area contributed by atoms with Gasteiger partial charge in [-0.3, -0.25) is 0 Å². The molecule has 34 heavy (non-hydrogen) atoms. The van der Waals surface area contributed by atoms with Crippen LogP contribution in [0.3, 0.4) is 0 Å². The van der Waals surface area contributed by atoms with Gasteiger partial charge in [0, 0.05) is 0 Å². The monoisotopic (exact) mass is 484 g/mol. The SMILES string of the molecule is CCCCCCCC(O)(CCCCCC)C(=O)OC(CCCCCC)(CCCCCC)C(=O)O. The smallest absolute Gasteiger partial charge is 0.348 e. The molecule has 0 radical (unpaired) electrons. The molecule has 0 rings (SSSR count). The van der Waals surface area contributed by atoms with Crippen LogP contribution in [0.2, 0.25) is 0 Å². The highest BCUT2D eigenvalue weighted by molar-refractivity contribution is 5.85. The molecule has 0 aromatic carbocycles. The van der Waals surface area contributed by atoms with E-state index in [2.05, 4.69) is 27.7 Å². The van der Waals surface area contributed by atoms with E-state index in [1.165, 1.54) is 0 Å². The van der Waals surface area contributed by atoms with Gasteiger partial charge in [-0.25, -0.2) is 9.59 Å². The molecule has 0 aliphatic heterocycles. The Labute approximate surface area is 210 Å². The number of aliphatic carboxylic acids is 1. The van der Waals surface area contributed by atoms with Gasteiger partial charge < -0.3 is 14.9 Å². The second-order valence-corrected chi connectivity index (χ2v) is 10.3. The van der Waals surface area contributed by atoms with Crippen molar-refractivity contribution in [2.45, 2.75) is 174 Å². The lowest BCUT2D eigenvalue weighted by molar-refractivity contribution is -0.196. The number of rotatable bonds is 24. The van der Waals surface area contributed by atoms with Crippen LogP contribution in [0.15, 0.2) is 0 Å². The highest BCUT2D eigenvalue weighted by atomic mass is 16.6. The molecule has 0 heterocycles. The van der Waals surface area contributed by atoms with Crippen LogP contribution >= 0.6 is 0 Å². The molecule has 1 atom stereocenters. The molecule has 0 saturated heterocycles. The Kier molecular flexibility index (Phi) is 19.5. The number of aliphatic hydroxyl groups is 1. The lowest BCUT2D eigenvalue weighted by atomic mass is 9.87. The minimum absolute atomic E-state index is 0.322. The van der Waals surface area contributed by atoms with Crippen molar-refractivity contribution in [2.75, 3.05) is 0 Å². The summed E-state index contributed by atoms with van der Waals surface area (Å²) in [5.41, 5.74) is -3.12. The van der Waals surface area contributed by atoms with Crippen molar-refractivity contribution in [3.8, 4) is 0 Å². The molecular weight excluding hydrogens is 428 g/mol. The molecule has 0 aliphatic carbocycles. The first kappa shape index (κ1) is 32.9. The number of carbonyl (C=O) groups excluding carboxylic acids is 1. The van der Waals surface area contributed by atoms with Gasteiger partial charge in [-0.15, -0.1) is 0 Å². The topological polar surface area (TPSA) is 83.8 Å². The van der Waals surface area contributed by atoms with Gasteiger partial charge in [0.25, 0.3) is 0 Å². The predicted octanol–water partition coefficient (Wildman–Crippen LogP) is 8.36. The van der Waals surface area contributed by atoms with Crippen LogP contribution < -0.4 is 0 Å². The maximum Gasteiger partial charge on any atom is 0.348 e. The average molecular weight is 485 g/mol. The quantitative estimate of drug-likeness (QED) is 0.106. The van der Waals surface area contributed by atoms with Gasteiger partial charge in [0.2, 0.25) is 5.60 Å². The van der Waals surface area contributed by atoms with Crippen molar-refractivity contribution in [3.63, 3.8) is 0 Å². The first-order valence-corrected chi connectivity index (χ1v) is 14.5. The lowest BCUT2D eigenvalue weighted by Gasteiger charge is -2.34. The Morgan fingerprint density at radius 3 is 1.24 bits per heavy atom. The minimum Gasteiger partial charge on any atom is -0.478 e. The van der Waals surface area contributed by atoms with Crippen LogP contribution in [0.1, 0.15) is 163 Å². The summed E-state index contributed by atoms with van der Waals surface area (Å²) in [6, 6.07) is 0. The average Bonchev–Trinajstić information content (AvgIpc) is 2.81. The molecule has 2 N–H and O–H groups in total. The maximum absolute atomic E-state index is 13.4. The number of ether oxygens (including phenoxy) is 1. The van der Waals surface area contributed by atoms with Gasteiger partial charge in [0.1, 0.15) is 0 Å². The van der Waals surface area contributed by atoms with Crippen molar-refractivity contribution in [3.05, 3.63) is 0 Å². The van der Waals surface area contributed by atoms with Crippen LogP contribution in [0, 0.1) is 0 Å². The molecule has 202 valence electrons. The van der Waals surface area contributed by atoms with Crippen LogP contribution in [0.5, 0.6) is 0 Å². The van der Waals surface area contributed by atoms with E-state index in [4.69, 9.17) is 4.74 Å².